The summed E-state index contributed by atoms with van der Waals surface area (Å²) < 4.78 is 6.07. The van der Waals surface area contributed by atoms with E-state index in [4.69, 9.17) is 4.74 Å². The smallest absolute Gasteiger partial charge is 0.146 e. The fraction of sp³-hybridized carbons (Fsp3) is 0.529. The van der Waals surface area contributed by atoms with Gasteiger partial charge in [-0.15, -0.1) is 0 Å². The number of hydrogen-bond acceptors (Lipinski definition) is 4. The van der Waals surface area contributed by atoms with Gasteiger partial charge in [-0.05, 0) is 63.0 Å². The van der Waals surface area contributed by atoms with Crippen molar-refractivity contribution in [1.29, 1.82) is 0 Å². The van der Waals surface area contributed by atoms with Gasteiger partial charge >= 0.3 is 0 Å². The Balaban J connectivity index is 2.11. The second kappa shape index (κ2) is 4.75. The molecule has 2 aliphatic heterocycles. The van der Waals surface area contributed by atoms with E-state index in [1.165, 1.54) is 0 Å². The topological polar surface area (TPSA) is 52.9 Å². The Morgan fingerprint density at radius 2 is 2.00 bits per heavy atom. The number of hydrogen-bond donors (Lipinski definition) is 2. The zero-order valence-electron chi connectivity index (χ0n) is 13.1. The van der Waals surface area contributed by atoms with Crippen molar-refractivity contribution >= 4 is 11.3 Å². The summed E-state index contributed by atoms with van der Waals surface area (Å²) in [5.74, 6) is 0.841. The third-order valence-corrected chi connectivity index (χ3v) is 4.64. The Kier molecular flexibility index (Phi) is 3.26. The Bertz CT molecular complexity index is 606. The molecule has 2 heterocycles. The molecule has 0 saturated heterocycles. The highest BCUT2D eigenvalue weighted by atomic mass is 16.5. The number of aliphatic hydroxyl groups excluding tert-OH is 2. The van der Waals surface area contributed by atoms with E-state index in [1.807, 2.05) is 44.9 Å². The summed E-state index contributed by atoms with van der Waals surface area (Å²) in [6, 6.07) is 4.12. The zero-order valence-corrected chi connectivity index (χ0v) is 13.1. The van der Waals surface area contributed by atoms with Crippen LogP contribution in [0.2, 0.25) is 0 Å². The van der Waals surface area contributed by atoms with Gasteiger partial charge in [0.05, 0.1) is 6.10 Å². The van der Waals surface area contributed by atoms with Gasteiger partial charge in [-0.25, -0.2) is 0 Å². The van der Waals surface area contributed by atoms with Crippen molar-refractivity contribution in [2.24, 2.45) is 0 Å². The minimum Gasteiger partial charge on any atom is -0.485 e. The molecule has 2 unspecified atom stereocenters. The van der Waals surface area contributed by atoms with Crippen LogP contribution in [0, 0.1) is 0 Å². The van der Waals surface area contributed by atoms with Gasteiger partial charge in [0.2, 0.25) is 0 Å². The lowest BCUT2D eigenvalue weighted by Gasteiger charge is -2.33. The maximum atomic E-state index is 10.2. The summed E-state index contributed by atoms with van der Waals surface area (Å²) in [5, 5.41) is 20.3. The van der Waals surface area contributed by atoms with Gasteiger partial charge in [0, 0.05) is 18.3 Å². The molecule has 0 radical (unpaired) electrons. The molecular formula is C17H23NO3. The van der Waals surface area contributed by atoms with E-state index in [0.29, 0.717) is 6.42 Å². The molecule has 0 aromatic heterocycles. The Morgan fingerprint density at radius 1 is 1.29 bits per heavy atom. The number of aliphatic hydroxyl groups is 2. The molecule has 2 N–H and O–H groups in total. The Labute approximate surface area is 125 Å². The third kappa shape index (κ3) is 2.32. The van der Waals surface area contributed by atoms with E-state index < -0.39 is 17.9 Å². The number of likely N-dealkylation sites (N-methyl/N-ethyl adjacent to an activating group) is 1. The van der Waals surface area contributed by atoms with Crippen LogP contribution in [0.3, 0.4) is 0 Å². The summed E-state index contributed by atoms with van der Waals surface area (Å²) in [4.78, 5) is 1.86. The van der Waals surface area contributed by atoms with Crippen molar-refractivity contribution in [3.05, 3.63) is 29.3 Å². The first kappa shape index (κ1) is 14.4. The van der Waals surface area contributed by atoms with E-state index in [-0.39, 0.29) is 0 Å². The number of ether oxygens (including phenoxy) is 1. The molecule has 4 heteroatoms. The Hall–Kier alpha value is -1.52. The summed E-state index contributed by atoms with van der Waals surface area (Å²) in [5.41, 5.74) is 3.64. The SMILES string of the molecule is CC1=CC(O)N(C)c2cc3c(cc21)OC(C)(C)C(O)CC3. The van der Waals surface area contributed by atoms with Crippen LogP contribution in [-0.4, -0.2) is 35.2 Å². The second-order valence-electron chi connectivity index (χ2n) is 6.61. The van der Waals surface area contributed by atoms with Crippen LogP contribution in [0.25, 0.3) is 5.57 Å². The fourth-order valence-electron chi connectivity index (χ4n) is 3.07. The number of nitrogens with zero attached hydrogens (tertiary/aromatic N) is 1. The van der Waals surface area contributed by atoms with E-state index in [2.05, 4.69) is 6.07 Å². The van der Waals surface area contributed by atoms with Crippen molar-refractivity contribution in [3.8, 4) is 5.75 Å². The first-order valence-corrected chi connectivity index (χ1v) is 7.43. The van der Waals surface area contributed by atoms with Crippen LogP contribution >= 0.6 is 0 Å². The molecule has 0 fully saturated rings. The Morgan fingerprint density at radius 3 is 2.71 bits per heavy atom. The lowest BCUT2D eigenvalue weighted by Crippen LogP contribution is -2.41. The number of allylic oxidation sites excluding steroid dienone is 1. The predicted octanol–water partition coefficient (Wildman–Crippen LogP) is 2.32. The summed E-state index contributed by atoms with van der Waals surface area (Å²) in [6.07, 6.45) is 2.22. The maximum absolute atomic E-state index is 10.2. The average molecular weight is 289 g/mol. The maximum Gasteiger partial charge on any atom is 0.146 e. The van der Waals surface area contributed by atoms with Gasteiger partial charge in [-0.2, -0.15) is 0 Å². The molecule has 3 rings (SSSR count). The van der Waals surface area contributed by atoms with Crippen molar-refractivity contribution in [3.63, 3.8) is 0 Å². The van der Waals surface area contributed by atoms with Crippen molar-refractivity contribution < 1.29 is 14.9 Å². The van der Waals surface area contributed by atoms with E-state index in [1.54, 1.807) is 0 Å². The zero-order chi connectivity index (χ0) is 15.4. The number of benzene rings is 1. The third-order valence-electron chi connectivity index (χ3n) is 4.64. The molecule has 0 bridgehead atoms. The molecule has 2 atom stereocenters. The second-order valence-corrected chi connectivity index (χ2v) is 6.61. The van der Waals surface area contributed by atoms with Crippen LogP contribution < -0.4 is 9.64 Å². The lowest BCUT2D eigenvalue weighted by atomic mass is 9.94. The lowest BCUT2D eigenvalue weighted by molar-refractivity contribution is -0.0261. The van der Waals surface area contributed by atoms with Crippen LogP contribution in [0.4, 0.5) is 5.69 Å². The van der Waals surface area contributed by atoms with Crippen molar-refractivity contribution in [1.82, 2.24) is 0 Å². The molecule has 21 heavy (non-hydrogen) atoms. The van der Waals surface area contributed by atoms with Crippen LogP contribution in [0.1, 0.15) is 38.3 Å². The molecule has 1 aromatic carbocycles. The van der Waals surface area contributed by atoms with Crippen molar-refractivity contribution in [2.45, 2.75) is 51.5 Å². The monoisotopic (exact) mass is 289 g/mol. The summed E-state index contributed by atoms with van der Waals surface area (Å²) in [7, 11) is 1.88. The van der Waals surface area contributed by atoms with Gasteiger partial charge < -0.3 is 19.8 Å². The van der Waals surface area contributed by atoms with Gasteiger partial charge in [0.15, 0.2) is 0 Å². The fourth-order valence-corrected chi connectivity index (χ4v) is 3.07. The van der Waals surface area contributed by atoms with Crippen LogP contribution in [0.5, 0.6) is 5.75 Å². The van der Waals surface area contributed by atoms with Gasteiger partial charge in [0.25, 0.3) is 0 Å². The molecule has 0 spiro atoms. The van der Waals surface area contributed by atoms with Gasteiger partial charge in [-0.1, -0.05) is 0 Å². The number of aryl methyl sites for hydroxylation is 1. The largest absolute Gasteiger partial charge is 0.485 e. The normalized spacial score (nSPS) is 27.1. The van der Waals surface area contributed by atoms with Gasteiger partial charge in [-0.3, -0.25) is 0 Å². The van der Waals surface area contributed by atoms with Crippen molar-refractivity contribution in [2.75, 3.05) is 11.9 Å². The molecule has 0 saturated carbocycles. The number of fused-ring (bicyclic) bond motifs is 2. The highest BCUT2D eigenvalue weighted by molar-refractivity contribution is 5.81. The molecule has 2 aliphatic rings. The van der Waals surface area contributed by atoms with E-state index in [9.17, 15) is 10.2 Å². The number of rotatable bonds is 0. The molecule has 0 aliphatic carbocycles. The summed E-state index contributed by atoms with van der Waals surface area (Å²) >= 11 is 0. The van der Waals surface area contributed by atoms with E-state index >= 15 is 0 Å². The predicted molar refractivity (Wildman–Crippen MR) is 83.5 cm³/mol. The first-order valence-electron chi connectivity index (χ1n) is 7.43. The quantitative estimate of drug-likeness (QED) is 0.769. The van der Waals surface area contributed by atoms with Crippen LogP contribution in [0.15, 0.2) is 18.2 Å². The standard InChI is InChI=1S/C17H23NO3/c1-10-7-16(20)18(4)13-8-11-5-6-15(19)17(2,3)21-14(11)9-12(10)13/h7-9,15-16,19-20H,5-6H2,1-4H3. The first-order chi connectivity index (χ1) is 9.79. The number of anilines is 1. The van der Waals surface area contributed by atoms with Crippen LogP contribution in [-0.2, 0) is 6.42 Å². The highest BCUT2D eigenvalue weighted by Crippen LogP contribution is 2.41. The minimum absolute atomic E-state index is 0.484. The average Bonchev–Trinajstić information content (AvgIpc) is 2.52. The molecule has 0 amide bonds. The molecular weight excluding hydrogens is 266 g/mol. The highest BCUT2D eigenvalue weighted by Gasteiger charge is 2.34. The minimum atomic E-state index is -0.593. The molecule has 4 nitrogen and oxygen atoms in total. The van der Waals surface area contributed by atoms with Gasteiger partial charge in [0.1, 0.15) is 17.6 Å². The summed E-state index contributed by atoms with van der Waals surface area (Å²) in [6.45, 7) is 5.84. The molecule has 114 valence electrons. The van der Waals surface area contributed by atoms with E-state index in [0.717, 1.165) is 34.6 Å². The molecule has 1 aromatic rings.